The minimum Gasteiger partial charge on any atom is -0.512 e. The van der Waals surface area contributed by atoms with E-state index in [2.05, 4.69) is 316 Å². The molecule has 0 atom stereocenters. The average Bonchev–Trinajstić information content (AvgIpc) is 1.48. The Balaban J connectivity index is 0.000000170. The molecule has 3 radical (unpaired) electrons. The first-order valence-corrected chi connectivity index (χ1v) is 46.1. The number of para-hydroxylation sites is 3. The fourth-order valence-corrected chi connectivity index (χ4v) is 18.6. The molecule has 0 saturated heterocycles. The van der Waals surface area contributed by atoms with Crippen LogP contribution >= 0.6 is 0 Å². The smallest absolute Gasteiger partial charge is 0.512 e. The third-order valence-electron chi connectivity index (χ3n) is 25.4. The zero-order chi connectivity index (χ0) is 96.1. The zero-order valence-corrected chi connectivity index (χ0v) is 90.1. The molecule has 2 aliphatic heterocycles. The number of anilines is 3. The number of aliphatic hydroxyl groups is 2. The number of hydrogen-bond donors (Lipinski definition) is 2. The Kier molecular flexibility index (Phi) is 35.4. The Morgan fingerprint density at radius 1 is 0.361 bits per heavy atom. The van der Waals surface area contributed by atoms with Gasteiger partial charge in [0, 0.05) is 141 Å². The Morgan fingerprint density at radius 2 is 0.792 bits per heavy atom. The van der Waals surface area contributed by atoms with Crippen LogP contribution in [0.15, 0.2) is 376 Å². The molecule has 0 spiro atoms. The minimum absolute atomic E-state index is 0. The molecule has 0 saturated carbocycles. The van der Waals surface area contributed by atoms with E-state index in [9.17, 15) is 9.59 Å². The first kappa shape index (κ1) is 109. The first-order valence-electron chi connectivity index (χ1n) is 46.1. The van der Waals surface area contributed by atoms with E-state index in [0.29, 0.717) is 17.5 Å². The van der Waals surface area contributed by atoms with Gasteiger partial charge in [-0.1, -0.05) is 308 Å². The van der Waals surface area contributed by atoms with Crippen molar-refractivity contribution in [1.29, 1.82) is 0 Å². The van der Waals surface area contributed by atoms with Gasteiger partial charge in [0.15, 0.2) is 23.2 Å². The first-order chi connectivity index (χ1) is 66.7. The second-order valence-electron chi connectivity index (χ2n) is 36.4. The third kappa shape index (κ3) is 23.0. The summed E-state index contributed by atoms with van der Waals surface area (Å²) >= 11 is 0. The molecule has 3 aliphatic rings. The number of aryl methyl sites for hydroxylation is 3. The van der Waals surface area contributed by atoms with Gasteiger partial charge >= 0.3 is 21.1 Å². The number of ketones is 2. The van der Waals surface area contributed by atoms with Crippen LogP contribution in [0.4, 0.5) is 17.1 Å². The van der Waals surface area contributed by atoms with Crippen LogP contribution in [0.3, 0.4) is 0 Å². The maximum Gasteiger partial charge on any atom is 2.00 e. The van der Waals surface area contributed by atoms with Gasteiger partial charge in [0.05, 0.1) is 33.8 Å². The average molecular weight is 2600 g/mol. The van der Waals surface area contributed by atoms with Crippen molar-refractivity contribution in [2.75, 3.05) is 4.90 Å². The summed E-state index contributed by atoms with van der Waals surface area (Å²) in [6.07, 6.45) is 9.60. The molecule has 2 N–H and O–H groups in total. The maximum atomic E-state index is 10.0. The maximum absolute atomic E-state index is 10.0. The van der Waals surface area contributed by atoms with Crippen molar-refractivity contribution in [2.24, 2.45) is 0 Å². The van der Waals surface area contributed by atoms with E-state index in [0.717, 1.165) is 101 Å². The van der Waals surface area contributed by atoms with E-state index in [1.54, 1.807) is 6.20 Å². The summed E-state index contributed by atoms with van der Waals surface area (Å²) in [5.41, 5.74) is 34.1. The summed E-state index contributed by atoms with van der Waals surface area (Å²) < 4.78 is 2.58. The molecule has 23 rings (SSSR count). The van der Waals surface area contributed by atoms with Gasteiger partial charge in [-0.05, 0) is 157 Å². The van der Waals surface area contributed by atoms with Crippen molar-refractivity contribution >= 4 is 72.1 Å². The summed E-state index contributed by atoms with van der Waals surface area (Å²) in [6, 6.07) is 131. The molecule has 0 bridgehead atoms. The molecular weight excluding hydrogens is 2490 g/mol. The largest absolute Gasteiger partial charge is 2.00 e. The molecule has 18 heteroatoms. The molecular formula is C126H109Ir3N10O4Pt-3. The van der Waals surface area contributed by atoms with Crippen LogP contribution in [-0.2, 0) is 107 Å². The predicted octanol–water partition coefficient (Wildman–Crippen LogP) is 31.0. The van der Waals surface area contributed by atoms with E-state index >= 15 is 0 Å². The van der Waals surface area contributed by atoms with Crippen molar-refractivity contribution < 1.29 is 101 Å². The van der Waals surface area contributed by atoms with Crippen LogP contribution in [0.25, 0.3) is 151 Å². The number of carbonyl (C=O) groups is 2. The van der Waals surface area contributed by atoms with Gasteiger partial charge in [-0.3, -0.25) is 19.6 Å². The number of hydrogen-bond acceptors (Lipinski definition) is 13. The second kappa shape index (κ2) is 46.9. The van der Waals surface area contributed by atoms with Gasteiger partial charge in [0.25, 0.3) is 0 Å². The van der Waals surface area contributed by atoms with E-state index in [1.165, 1.54) is 139 Å². The van der Waals surface area contributed by atoms with Gasteiger partial charge < -0.3 is 34.6 Å². The van der Waals surface area contributed by atoms with Crippen molar-refractivity contribution in [1.82, 2.24) is 44.4 Å². The number of pyridine rings is 5. The van der Waals surface area contributed by atoms with Crippen molar-refractivity contribution in [3.8, 4) is 107 Å². The number of carbonyl (C=O) groups excluding carboxylic acids is 2. The molecule has 0 unspecified atom stereocenters. The Hall–Kier alpha value is -14.2. The van der Waals surface area contributed by atoms with Crippen molar-refractivity contribution in [3.63, 3.8) is 0 Å². The number of rotatable bonds is 13. The number of nitrogens with zero attached hydrogens (tertiary/aromatic N) is 10. The Labute approximate surface area is 899 Å². The molecule has 7 aromatic heterocycles. The van der Waals surface area contributed by atoms with Gasteiger partial charge in [0.1, 0.15) is 5.82 Å². The molecule has 1 aliphatic carbocycles. The van der Waals surface area contributed by atoms with Crippen molar-refractivity contribution in [2.45, 2.75) is 121 Å². The van der Waals surface area contributed by atoms with Crippen LogP contribution < -0.4 is 4.90 Å². The normalized spacial score (nSPS) is 12.4. The van der Waals surface area contributed by atoms with Gasteiger partial charge in [0.2, 0.25) is 0 Å². The summed E-state index contributed by atoms with van der Waals surface area (Å²) in [4.78, 5) is 59.7. The fourth-order valence-electron chi connectivity index (χ4n) is 18.6. The van der Waals surface area contributed by atoms with Crippen LogP contribution in [-0.4, -0.2) is 66.2 Å². The zero-order valence-electron chi connectivity index (χ0n) is 80.6. The molecule has 20 aromatic rings. The molecule has 144 heavy (non-hydrogen) atoms. The summed E-state index contributed by atoms with van der Waals surface area (Å²) in [5, 5.41) is 22.9. The number of aromatic nitrogens is 9. The number of benzene rings is 13. The topological polar surface area (TPSA) is 186 Å². The number of allylic oxidation sites excluding steroid dienone is 4. The van der Waals surface area contributed by atoms with Gasteiger partial charge in [-0.2, -0.15) is 0 Å². The van der Waals surface area contributed by atoms with Crippen LogP contribution in [0.2, 0.25) is 0 Å². The van der Waals surface area contributed by atoms with E-state index < -0.39 is 0 Å². The molecule has 14 nitrogen and oxygen atoms in total. The van der Waals surface area contributed by atoms with E-state index in [1.807, 2.05) is 152 Å². The SMILES string of the molecule is C.C.CC(=O)C=C(C)O.CC(=O)C=C(C)O.CC1(C)c2cc(N(c3[c-]c(-c4ccccn4)ccc3)c3[c-]c(-c4ccccn4)ccc3)cc3c2-n2c4c1cccc4c1cccc(c12)C3(C)C.CC1(C)c2ccccc2-c2c[c-]c(-c3ccc4ccccc4n3)cc21.Cc1cc2ccccc2[c-]c1-c1ccccn1.Cc1ccc(-c2nc(-c3c[c-]c(-c4ccccn4)cc3)nc(-c3ccc(C)cc3)n2)cc1.[Ir].[Ir].[Ir].[Pt+2]. The van der Waals surface area contributed by atoms with Crippen LogP contribution in [0, 0.1) is 51.1 Å². The summed E-state index contributed by atoms with van der Waals surface area (Å²) in [6.45, 7) is 26.1. The molecule has 0 fully saturated rings. The van der Waals surface area contributed by atoms with E-state index in [-0.39, 0.29) is 136 Å². The number of fused-ring (bicyclic) bond motifs is 6. The van der Waals surface area contributed by atoms with E-state index in [4.69, 9.17) is 30.1 Å². The molecule has 13 aromatic carbocycles. The quantitative estimate of drug-likeness (QED) is 0.0632. The summed E-state index contributed by atoms with van der Waals surface area (Å²) in [5.74, 6) is 1.80. The molecule has 0 amide bonds. The Morgan fingerprint density at radius 3 is 1.27 bits per heavy atom. The summed E-state index contributed by atoms with van der Waals surface area (Å²) in [7, 11) is 0. The predicted molar refractivity (Wildman–Crippen MR) is 573 cm³/mol. The molecule has 727 valence electrons. The molecule has 9 heterocycles. The minimum atomic E-state index is -0.248. The fraction of sp³-hybridized carbons (Fsp3) is 0.143. The van der Waals surface area contributed by atoms with Crippen LogP contribution in [0.1, 0.15) is 134 Å². The van der Waals surface area contributed by atoms with Crippen molar-refractivity contribution in [3.05, 3.63) is 456 Å². The Bertz CT molecular complexity index is 7780. The van der Waals surface area contributed by atoms with Crippen LogP contribution in [0.5, 0.6) is 0 Å². The van der Waals surface area contributed by atoms with Gasteiger partial charge in [-0.25, -0.2) is 15.0 Å². The van der Waals surface area contributed by atoms with Gasteiger partial charge in [-0.15, -0.1) is 148 Å². The third-order valence-corrected chi connectivity index (χ3v) is 25.4. The standard InChI is InChI=1S/C46H34N4.C28H21N4.C24H18N.C16H12N.2C5H8O2.2CH4.3Ir.Pt/c1-45(2)36-19-11-17-34-35-18-12-20-37-43(35)50(42(34)36)44-38(45)27-33(28-39(44)46(37,3)4)49(31-15-9-13-29(25-31)40-21-5-7-23-47-40)32-16-10-14-30(26-32)41-22-6-8-24-48-41;1-19-6-10-22(11-7-19)26-30-27(23-12-8-20(2)9-13-23)32-28(31-26)24-16-14-21(15-17-24)25-5-3-4-18-29-25;1-24(2)20-9-5-4-8-18(20)19-13-11-17(15-21(19)24)23-14-12-16-7-3-6-10-22(16)25-23;1-12-10-13-6-2-3-7-14(13)11-15(12)16-8-4-5-9-17-16;2*1-4(6)3-5(2)7;;;;;;/h5-24,27-28H,1-4H3;3-14,16-18H,1-2H3;3-10,12-15H,1-2H3;2-10H,1H3;2*3,6H,1-2H3;2*1H4;;;;/q-2;3*-1;;;;;;;;+2. The number of aliphatic hydroxyl groups excluding tert-OH is 2. The monoisotopic (exact) mass is 2600 g/mol. The second-order valence-corrected chi connectivity index (χ2v) is 36.4.